The van der Waals surface area contributed by atoms with Gasteiger partial charge in [0.2, 0.25) is 0 Å². The second-order valence-corrected chi connectivity index (χ2v) is 6.62. The Kier molecular flexibility index (Phi) is 5.83. The van der Waals surface area contributed by atoms with Crippen LogP contribution >= 0.6 is 0 Å². The number of ether oxygens (including phenoxy) is 2. The summed E-state index contributed by atoms with van der Waals surface area (Å²) in [6.07, 6.45) is 2.25. The predicted molar refractivity (Wildman–Crippen MR) is 94.4 cm³/mol. The minimum Gasteiger partial charge on any atom is -0.497 e. The van der Waals surface area contributed by atoms with Crippen molar-refractivity contribution in [3.63, 3.8) is 0 Å². The minimum atomic E-state index is -4.47. The van der Waals surface area contributed by atoms with E-state index in [1.807, 2.05) is 0 Å². The molecule has 138 valence electrons. The van der Waals surface area contributed by atoms with Gasteiger partial charge in [-0.2, -0.15) is 8.42 Å². The number of nitro benzene ring substituents is 1. The summed E-state index contributed by atoms with van der Waals surface area (Å²) in [4.78, 5) is 9.83. The SMILES string of the molecule is C=CCc1ccc(OS(=O)(=O)c2ccc(OC)cc2[N+](=O)[O-])c(OC)c1. The fourth-order valence-electron chi connectivity index (χ4n) is 2.22. The van der Waals surface area contributed by atoms with Gasteiger partial charge < -0.3 is 13.7 Å². The summed E-state index contributed by atoms with van der Waals surface area (Å²) in [6.45, 7) is 3.63. The van der Waals surface area contributed by atoms with Crippen LogP contribution in [-0.2, 0) is 16.5 Å². The van der Waals surface area contributed by atoms with E-state index in [9.17, 15) is 18.5 Å². The van der Waals surface area contributed by atoms with Gasteiger partial charge in [0.15, 0.2) is 16.4 Å². The standard InChI is InChI=1S/C17H17NO7S/c1-4-5-12-6-8-15(16(10-12)24-3)25-26(21,22)17-9-7-13(23-2)11-14(17)18(19)20/h4,6-11H,1,5H2,2-3H3. The van der Waals surface area contributed by atoms with Crippen LogP contribution in [0.1, 0.15) is 5.56 Å². The number of hydrogen-bond acceptors (Lipinski definition) is 7. The highest BCUT2D eigenvalue weighted by molar-refractivity contribution is 7.87. The van der Waals surface area contributed by atoms with E-state index < -0.39 is 25.6 Å². The topological polar surface area (TPSA) is 105 Å². The van der Waals surface area contributed by atoms with Gasteiger partial charge in [-0.1, -0.05) is 12.1 Å². The molecular weight excluding hydrogens is 362 g/mol. The number of benzene rings is 2. The van der Waals surface area contributed by atoms with Crippen LogP contribution in [0.15, 0.2) is 53.9 Å². The molecule has 0 radical (unpaired) electrons. The third-order valence-corrected chi connectivity index (χ3v) is 4.72. The fourth-order valence-corrected chi connectivity index (χ4v) is 3.30. The first-order valence-corrected chi connectivity index (χ1v) is 8.78. The summed E-state index contributed by atoms with van der Waals surface area (Å²) < 4.78 is 40.3. The largest absolute Gasteiger partial charge is 0.497 e. The van der Waals surface area contributed by atoms with E-state index in [-0.39, 0.29) is 17.2 Å². The van der Waals surface area contributed by atoms with Crippen LogP contribution in [0.5, 0.6) is 17.2 Å². The summed E-state index contributed by atoms with van der Waals surface area (Å²) in [6, 6.07) is 8.05. The van der Waals surface area contributed by atoms with Gasteiger partial charge in [-0.15, -0.1) is 6.58 Å². The van der Waals surface area contributed by atoms with Crippen LogP contribution < -0.4 is 13.7 Å². The first-order chi connectivity index (χ1) is 12.3. The van der Waals surface area contributed by atoms with Crippen molar-refractivity contribution in [2.45, 2.75) is 11.3 Å². The van der Waals surface area contributed by atoms with Crippen molar-refractivity contribution in [1.82, 2.24) is 0 Å². The third-order valence-electron chi connectivity index (χ3n) is 3.44. The molecule has 8 nitrogen and oxygen atoms in total. The Bertz CT molecular complexity index is 938. The molecular formula is C17H17NO7S. The van der Waals surface area contributed by atoms with E-state index in [0.29, 0.717) is 6.42 Å². The van der Waals surface area contributed by atoms with Crippen LogP contribution in [0.25, 0.3) is 0 Å². The van der Waals surface area contributed by atoms with Gasteiger partial charge in [0, 0.05) is 0 Å². The Hall–Kier alpha value is -3.07. The van der Waals surface area contributed by atoms with Gasteiger partial charge >= 0.3 is 10.1 Å². The zero-order valence-corrected chi connectivity index (χ0v) is 15.0. The van der Waals surface area contributed by atoms with E-state index >= 15 is 0 Å². The van der Waals surface area contributed by atoms with Crippen LogP contribution in [-0.4, -0.2) is 27.6 Å². The van der Waals surface area contributed by atoms with Crippen LogP contribution in [0.4, 0.5) is 5.69 Å². The zero-order valence-electron chi connectivity index (χ0n) is 14.2. The normalized spacial score (nSPS) is 10.8. The van der Waals surface area contributed by atoms with Gasteiger partial charge in [0.05, 0.1) is 25.2 Å². The molecule has 0 aliphatic carbocycles. The number of rotatable bonds is 8. The number of allylic oxidation sites excluding steroid dienone is 1. The van der Waals surface area contributed by atoms with Gasteiger partial charge in [0.25, 0.3) is 5.69 Å². The Morgan fingerprint density at radius 2 is 1.85 bits per heavy atom. The lowest BCUT2D eigenvalue weighted by molar-refractivity contribution is -0.388. The fraction of sp³-hybridized carbons (Fsp3) is 0.176. The molecule has 0 heterocycles. The number of hydrogen-bond donors (Lipinski definition) is 0. The smallest absolute Gasteiger partial charge is 0.346 e. The highest BCUT2D eigenvalue weighted by Crippen LogP contribution is 2.34. The molecule has 0 aromatic heterocycles. The Balaban J connectivity index is 2.46. The summed E-state index contributed by atoms with van der Waals surface area (Å²) >= 11 is 0. The zero-order chi connectivity index (χ0) is 19.3. The minimum absolute atomic E-state index is 0.0783. The quantitative estimate of drug-likeness (QED) is 0.300. The molecule has 26 heavy (non-hydrogen) atoms. The van der Waals surface area contributed by atoms with E-state index in [2.05, 4.69) is 6.58 Å². The summed E-state index contributed by atoms with van der Waals surface area (Å²) in [7, 11) is -1.79. The molecule has 0 N–H and O–H groups in total. The number of methoxy groups -OCH3 is 2. The molecule has 0 atom stereocenters. The molecule has 2 aromatic rings. The second-order valence-electron chi connectivity index (χ2n) is 5.11. The van der Waals surface area contributed by atoms with Crippen molar-refractivity contribution in [2.75, 3.05) is 14.2 Å². The first kappa shape index (κ1) is 19.3. The number of nitro groups is 1. The molecule has 0 fully saturated rings. The predicted octanol–water partition coefficient (Wildman–Crippen LogP) is 3.11. The highest BCUT2D eigenvalue weighted by atomic mass is 32.2. The molecule has 0 unspecified atom stereocenters. The third kappa shape index (κ3) is 4.12. The van der Waals surface area contributed by atoms with Crippen LogP contribution in [0, 0.1) is 10.1 Å². The van der Waals surface area contributed by atoms with Crippen molar-refractivity contribution < 1.29 is 27.0 Å². The highest BCUT2D eigenvalue weighted by Gasteiger charge is 2.29. The number of nitrogens with zero attached hydrogens (tertiary/aromatic N) is 1. The maximum atomic E-state index is 12.6. The van der Waals surface area contributed by atoms with Gasteiger partial charge in [-0.25, -0.2) is 0 Å². The molecule has 0 saturated carbocycles. The van der Waals surface area contributed by atoms with Gasteiger partial charge in [-0.05, 0) is 36.2 Å². The lowest BCUT2D eigenvalue weighted by Crippen LogP contribution is -2.12. The van der Waals surface area contributed by atoms with E-state index in [1.165, 1.54) is 26.4 Å². The van der Waals surface area contributed by atoms with Crippen molar-refractivity contribution >= 4 is 15.8 Å². The van der Waals surface area contributed by atoms with Crippen molar-refractivity contribution in [1.29, 1.82) is 0 Å². The van der Waals surface area contributed by atoms with E-state index in [1.54, 1.807) is 18.2 Å². The first-order valence-electron chi connectivity index (χ1n) is 7.37. The Labute approximate surface area is 150 Å². The van der Waals surface area contributed by atoms with Crippen LogP contribution in [0.2, 0.25) is 0 Å². The van der Waals surface area contributed by atoms with Gasteiger partial charge in [0.1, 0.15) is 5.75 Å². The maximum Gasteiger partial charge on any atom is 0.346 e. The molecule has 0 amide bonds. The molecule has 2 rings (SSSR count). The summed E-state index contributed by atoms with van der Waals surface area (Å²) in [5.41, 5.74) is 0.198. The lowest BCUT2D eigenvalue weighted by Gasteiger charge is -2.12. The Morgan fingerprint density at radius 1 is 1.12 bits per heavy atom. The lowest BCUT2D eigenvalue weighted by atomic mass is 10.1. The molecule has 2 aromatic carbocycles. The maximum absolute atomic E-state index is 12.6. The average Bonchev–Trinajstić information content (AvgIpc) is 2.62. The van der Waals surface area contributed by atoms with Crippen molar-refractivity contribution in [2.24, 2.45) is 0 Å². The molecule has 0 bridgehead atoms. The van der Waals surface area contributed by atoms with E-state index in [4.69, 9.17) is 13.7 Å². The average molecular weight is 379 g/mol. The van der Waals surface area contributed by atoms with Gasteiger partial charge in [-0.3, -0.25) is 10.1 Å². The molecule has 0 spiro atoms. The van der Waals surface area contributed by atoms with Crippen molar-refractivity contribution in [3.8, 4) is 17.2 Å². The molecule has 0 aliphatic rings. The second kappa shape index (κ2) is 7.87. The van der Waals surface area contributed by atoms with E-state index in [0.717, 1.165) is 17.7 Å². The van der Waals surface area contributed by atoms with Crippen LogP contribution in [0.3, 0.4) is 0 Å². The van der Waals surface area contributed by atoms with Crippen molar-refractivity contribution in [3.05, 3.63) is 64.7 Å². The monoisotopic (exact) mass is 379 g/mol. The Morgan fingerprint density at radius 3 is 2.42 bits per heavy atom. The molecule has 9 heteroatoms. The summed E-state index contributed by atoms with van der Waals surface area (Å²) in [5, 5.41) is 11.2. The summed E-state index contributed by atoms with van der Waals surface area (Å²) in [5.74, 6) is 0.261. The molecule has 0 saturated heterocycles. The molecule has 0 aliphatic heterocycles.